The zero-order valence-electron chi connectivity index (χ0n) is 46.0. The van der Waals surface area contributed by atoms with E-state index >= 15 is 0 Å². The first-order valence-corrected chi connectivity index (χ1v) is 29.6. The van der Waals surface area contributed by atoms with Crippen molar-refractivity contribution in [1.82, 2.24) is 0 Å². The molecule has 0 aromatic rings. The smallest absolute Gasteiger partial charge is 0.306 e. The summed E-state index contributed by atoms with van der Waals surface area (Å²) in [5.41, 5.74) is 0. The number of hydrogen-bond donors (Lipinski definition) is 0. The second kappa shape index (κ2) is 58.2. The molecule has 0 saturated heterocycles. The molecule has 6 nitrogen and oxygen atoms in total. The van der Waals surface area contributed by atoms with Crippen LogP contribution in [0.1, 0.15) is 284 Å². The number of carbonyl (C=O) groups excluding carboxylic acids is 3. The highest BCUT2D eigenvalue weighted by Gasteiger charge is 2.19. The van der Waals surface area contributed by atoms with Gasteiger partial charge in [0, 0.05) is 19.3 Å². The van der Waals surface area contributed by atoms with Crippen LogP contribution in [0.4, 0.5) is 0 Å². The van der Waals surface area contributed by atoms with E-state index in [4.69, 9.17) is 14.2 Å². The topological polar surface area (TPSA) is 78.9 Å². The lowest BCUT2D eigenvalue weighted by atomic mass is 10.1. The van der Waals surface area contributed by atoms with E-state index in [0.29, 0.717) is 19.3 Å². The average molecular weight is 976 g/mol. The zero-order valence-corrected chi connectivity index (χ0v) is 46.0. The van der Waals surface area contributed by atoms with E-state index in [9.17, 15) is 14.4 Å². The highest BCUT2D eigenvalue weighted by atomic mass is 16.6. The third-order valence-electron chi connectivity index (χ3n) is 12.6. The van der Waals surface area contributed by atoms with E-state index in [-0.39, 0.29) is 31.1 Å². The first-order valence-electron chi connectivity index (χ1n) is 29.6. The Morgan fingerprint density at radius 3 is 0.900 bits per heavy atom. The Morgan fingerprint density at radius 1 is 0.300 bits per heavy atom. The Morgan fingerprint density at radius 2 is 0.557 bits per heavy atom. The molecule has 0 aliphatic heterocycles. The Bertz CT molecular complexity index is 1350. The Balaban J connectivity index is 4.41. The van der Waals surface area contributed by atoms with Gasteiger partial charge in [0.15, 0.2) is 6.10 Å². The monoisotopic (exact) mass is 975 g/mol. The molecule has 0 N–H and O–H groups in total. The van der Waals surface area contributed by atoms with Crippen LogP contribution in [0.5, 0.6) is 0 Å². The number of hydrogen-bond acceptors (Lipinski definition) is 6. The highest BCUT2D eigenvalue weighted by molar-refractivity contribution is 5.71. The van der Waals surface area contributed by atoms with E-state index in [1.807, 2.05) is 0 Å². The van der Waals surface area contributed by atoms with E-state index in [2.05, 4.69) is 106 Å². The Hall–Kier alpha value is -3.41. The van der Waals surface area contributed by atoms with Crippen LogP contribution in [-0.4, -0.2) is 37.2 Å². The van der Waals surface area contributed by atoms with Gasteiger partial charge in [0.1, 0.15) is 13.2 Å². The molecule has 0 aliphatic carbocycles. The SMILES string of the molecule is CC/C=C\C/C=C\C/C=C\CCCCCCCC(=O)OCC(COC(=O)CCCCCCCCCCC/C=C\C/C=C\CCCCC)OC(=O)CCCCCCCCC/C=C\C/C=C\CCCCCC. The van der Waals surface area contributed by atoms with Crippen LogP contribution >= 0.6 is 0 Å². The van der Waals surface area contributed by atoms with Crippen LogP contribution in [0.2, 0.25) is 0 Å². The highest BCUT2D eigenvalue weighted by Crippen LogP contribution is 2.15. The predicted octanol–water partition coefficient (Wildman–Crippen LogP) is 19.9. The van der Waals surface area contributed by atoms with Crippen molar-refractivity contribution in [3.8, 4) is 0 Å². The largest absolute Gasteiger partial charge is 0.462 e. The minimum atomic E-state index is -0.791. The van der Waals surface area contributed by atoms with Gasteiger partial charge in [-0.2, -0.15) is 0 Å². The maximum atomic E-state index is 12.9. The molecule has 1 atom stereocenters. The van der Waals surface area contributed by atoms with Crippen LogP contribution in [-0.2, 0) is 28.6 Å². The fourth-order valence-electron chi connectivity index (χ4n) is 8.16. The van der Waals surface area contributed by atoms with Gasteiger partial charge in [-0.05, 0) is 116 Å². The van der Waals surface area contributed by atoms with Gasteiger partial charge in [0.25, 0.3) is 0 Å². The first-order chi connectivity index (χ1) is 34.5. The summed E-state index contributed by atoms with van der Waals surface area (Å²) in [6, 6.07) is 0. The molecule has 1 unspecified atom stereocenters. The third kappa shape index (κ3) is 55.5. The van der Waals surface area contributed by atoms with Crippen LogP contribution < -0.4 is 0 Å². The van der Waals surface area contributed by atoms with Crippen LogP contribution in [0, 0.1) is 0 Å². The second-order valence-electron chi connectivity index (χ2n) is 19.5. The Labute approximate surface area is 433 Å². The molecule has 0 aromatic carbocycles. The number of unbranched alkanes of at least 4 members (excludes halogenated alkanes) is 28. The normalized spacial score (nSPS) is 12.7. The number of esters is 3. The van der Waals surface area contributed by atoms with E-state index < -0.39 is 6.10 Å². The summed E-state index contributed by atoms with van der Waals surface area (Å²) in [6.07, 6.45) is 75.7. The van der Waals surface area contributed by atoms with E-state index in [0.717, 1.165) is 116 Å². The van der Waals surface area contributed by atoms with Crippen molar-refractivity contribution in [3.63, 3.8) is 0 Å². The molecule has 70 heavy (non-hydrogen) atoms. The third-order valence-corrected chi connectivity index (χ3v) is 12.6. The summed E-state index contributed by atoms with van der Waals surface area (Å²) >= 11 is 0. The number of allylic oxidation sites excluding steroid dienone is 14. The van der Waals surface area contributed by atoms with Crippen LogP contribution in [0.15, 0.2) is 85.1 Å². The molecule has 0 spiro atoms. The summed E-state index contributed by atoms with van der Waals surface area (Å²) < 4.78 is 16.9. The molecule has 0 rings (SSSR count). The standard InChI is InChI=1S/C64H110O6/c1-4-7-10-13-16-19-22-25-28-30-32-34-36-39-42-45-48-51-54-57-63(66)69-60-61(59-68-62(65)56-53-50-47-44-41-38-35-27-24-21-18-15-12-9-6-3)70-64(67)58-55-52-49-46-43-40-37-33-31-29-26-23-20-17-14-11-8-5-2/h9,12,16,18-21,23,25,27-29,31,35,61H,4-8,10-11,13-15,17,22,24,26,30,32-34,36-60H2,1-3H3/b12-9-,19-16-,21-18-,23-20-,28-25-,31-29-,35-27-. The fraction of sp³-hybridized carbons (Fsp3) is 0.734. The second-order valence-corrected chi connectivity index (χ2v) is 19.5. The summed E-state index contributed by atoms with van der Waals surface area (Å²) in [7, 11) is 0. The molecule has 0 aliphatic rings. The van der Waals surface area contributed by atoms with E-state index in [1.54, 1.807) is 0 Å². The maximum absolute atomic E-state index is 12.9. The van der Waals surface area contributed by atoms with Crippen molar-refractivity contribution in [1.29, 1.82) is 0 Å². The minimum absolute atomic E-state index is 0.0874. The lowest BCUT2D eigenvalue weighted by Gasteiger charge is -2.18. The number of ether oxygens (including phenoxy) is 3. The first kappa shape index (κ1) is 66.6. The van der Waals surface area contributed by atoms with Crippen molar-refractivity contribution in [2.45, 2.75) is 290 Å². The fourth-order valence-corrected chi connectivity index (χ4v) is 8.16. The van der Waals surface area contributed by atoms with Crippen LogP contribution in [0.3, 0.4) is 0 Å². The molecule has 0 bridgehead atoms. The predicted molar refractivity (Wildman–Crippen MR) is 302 cm³/mol. The molecule has 0 aromatic heterocycles. The van der Waals surface area contributed by atoms with Crippen molar-refractivity contribution in [2.24, 2.45) is 0 Å². The van der Waals surface area contributed by atoms with Crippen molar-refractivity contribution >= 4 is 17.9 Å². The van der Waals surface area contributed by atoms with Gasteiger partial charge in [-0.25, -0.2) is 0 Å². The van der Waals surface area contributed by atoms with Gasteiger partial charge in [-0.3, -0.25) is 14.4 Å². The molecule has 0 radical (unpaired) electrons. The van der Waals surface area contributed by atoms with Crippen molar-refractivity contribution < 1.29 is 28.6 Å². The van der Waals surface area contributed by atoms with Gasteiger partial charge in [-0.1, -0.05) is 234 Å². The average Bonchev–Trinajstić information content (AvgIpc) is 3.36. The van der Waals surface area contributed by atoms with Gasteiger partial charge >= 0.3 is 17.9 Å². The lowest BCUT2D eigenvalue weighted by Crippen LogP contribution is -2.30. The molecule has 0 heterocycles. The number of rotatable bonds is 53. The van der Waals surface area contributed by atoms with Gasteiger partial charge < -0.3 is 14.2 Å². The molecule has 6 heteroatoms. The van der Waals surface area contributed by atoms with Crippen molar-refractivity contribution in [3.05, 3.63) is 85.1 Å². The summed E-state index contributed by atoms with van der Waals surface area (Å²) in [6.45, 7) is 6.48. The van der Waals surface area contributed by atoms with Gasteiger partial charge in [0.2, 0.25) is 0 Å². The molecule has 0 fully saturated rings. The summed E-state index contributed by atoms with van der Waals surface area (Å²) in [5, 5.41) is 0. The molecule has 0 saturated carbocycles. The minimum Gasteiger partial charge on any atom is -0.462 e. The van der Waals surface area contributed by atoms with Gasteiger partial charge in [-0.15, -0.1) is 0 Å². The van der Waals surface area contributed by atoms with Gasteiger partial charge in [0.05, 0.1) is 0 Å². The molecule has 402 valence electrons. The summed E-state index contributed by atoms with van der Waals surface area (Å²) in [5.74, 6) is -0.909. The maximum Gasteiger partial charge on any atom is 0.306 e. The van der Waals surface area contributed by atoms with E-state index in [1.165, 1.54) is 128 Å². The van der Waals surface area contributed by atoms with Crippen molar-refractivity contribution in [2.75, 3.05) is 13.2 Å². The zero-order chi connectivity index (χ0) is 50.7. The molecule has 0 amide bonds. The molecular weight excluding hydrogens is 865 g/mol. The summed E-state index contributed by atoms with van der Waals surface area (Å²) in [4.78, 5) is 38.2. The number of carbonyl (C=O) groups is 3. The quantitative estimate of drug-likeness (QED) is 0.0261. The lowest BCUT2D eigenvalue weighted by molar-refractivity contribution is -0.167. The molecular formula is C64H110O6. The Kier molecular flexibility index (Phi) is 55.3. The van der Waals surface area contributed by atoms with Crippen LogP contribution in [0.25, 0.3) is 0 Å².